The molecule has 73 heavy (non-hydrogen) atoms. The zero-order chi connectivity index (χ0) is 48.3. The highest BCUT2D eigenvalue weighted by molar-refractivity contribution is 7.41. The van der Waals surface area contributed by atoms with Gasteiger partial charge in [-0.05, 0) is 77.0 Å². The van der Waals surface area contributed by atoms with E-state index < -0.39 is 135 Å². The molecule has 0 aromatic heterocycles. The number of rotatable bonds is 9. The smallest absolute Gasteiger partial charge is 0.334 e. The summed E-state index contributed by atoms with van der Waals surface area (Å²) in [6.45, 7) is 1.09. The second-order valence-electron chi connectivity index (χ2n) is 24.7. The van der Waals surface area contributed by atoms with E-state index in [0.29, 0.717) is 19.8 Å². The molecule has 6 saturated carbocycles. The standard InChI is InChI=1S/C54H81O18P/c1-7-19-49(20-8-1)55-31-34(61-49)37-40(43-46(58-37)67-52(64-43)25-13-4-14-26-52)70-73(71-41-38(35-32-56-50(62-35)21-9-2-10-22-50)59-47-44(41)65-53(68-47)27-15-5-16-28-53)72-42-39(36-33-57-51(63-36)23-11-3-12-24-51)60-48-45(42)66-54(69-48)29-17-6-18-30-54/h34-48H,1-33H2/t34?,35?,36?,37-,38-,39-,40+,41+,42+,43-,44-,45-,46-,47-,48-,73?/m1/s1. The molecule has 15 atom stereocenters. The van der Waals surface area contributed by atoms with Gasteiger partial charge in [-0.1, -0.05) is 38.5 Å². The highest BCUT2D eigenvalue weighted by Crippen LogP contribution is 2.59. The van der Waals surface area contributed by atoms with E-state index in [1.807, 2.05) is 0 Å². The lowest BCUT2D eigenvalue weighted by atomic mass is 9.94. The Morgan fingerprint density at radius 1 is 0.260 bits per heavy atom. The molecule has 0 amide bonds. The lowest BCUT2D eigenvalue weighted by Gasteiger charge is -2.39. The van der Waals surface area contributed by atoms with Crippen molar-refractivity contribution >= 4 is 8.60 Å². The van der Waals surface area contributed by atoms with Crippen molar-refractivity contribution in [2.24, 2.45) is 0 Å². The molecule has 0 N–H and O–H groups in total. The average Bonchev–Trinajstić information content (AvgIpc) is 4.32. The van der Waals surface area contributed by atoms with E-state index >= 15 is 0 Å². The van der Waals surface area contributed by atoms with Crippen molar-refractivity contribution in [1.82, 2.24) is 0 Å². The number of hydrogen-bond donors (Lipinski definition) is 0. The molecule has 19 heteroatoms. The minimum atomic E-state index is -2.38. The van der Waals surface area contributed by atoms with Crippen molar-refractivity contribution in [3.63, 3.8) is 0 Å². The molecule has 18 nitrogen and oxygen atoms in total. The summed E-state index contributed by atoms with van der Waals surface area (Å²) in [6, 6.07) is 0. The van der Waals surface area contributed by atoms with Crippen LogP contribution in [0.4, 0.5) is 0 Å². The molecule has 15 fully saturated rings. The fraction of sp³-hybridized carbons (Fsp3) is 1.00. The Morgan fingerprint density at radius 2 is 0.507 bits per heavy atom. The van der Waals surface area contributed by atoms with Crippen LogP contribution in [0.1, 0.15) is 193 Å². The number of ether oxygens (including phenoxy) is 15. The van der Waals surface area contributed by atoms with E-state index in [2.05, 4.69) is 0 Å². The second kappa shape index (κ2) is 19.8. The molecule has 0 aromatic carbocycles. The summed E-state index contributed by atoms with van der Waals surface area (Å²) in [5.74, 6) is -4.20. The molecule has 410 valence electrons. The van der Waals surface area contributed by atoms with Gasteiger partial charge in [0.15, 0.2) is 53.6 Å². The topological polar surface area (TPSA) is 166 Å². The van der Waals surface area contributed by atoms with Crippen LogP contribution in [0.15, 0.2) is 0 Å². The zero-order valence-corrected chi connectivity index (χ0v) is 43.7. The lowest BCUT2D eigenvalue weighted by molar-refractivity contribution is -0.263. The minimum Gasteiger partial charge on any atom is -0.347 e. The molecule has 15 rings (SSSR count). The van der Waals surface area contributed by atoms with Gasteiger partial charge in [0.1, 0.15) is 73.2 Å². The summed E-state index contributed by atoms with van der Waals surface area (Å²) in [6.07, 6.45) is 19.9. The van der Waals surface area contributed by atoms with Gasteiger partial charge < -0.3 is 84.6 Å². The first-order valence-corrected chi connectivity index (χ1v) is 30.7. The molecule has 15 aliphatic rings. The molecule has 9 heterocycles. The summed E-state index contributed by atoms with van der Waals surface area (Å²) in [5, 5.41) is 0. The Hall–Kier alpha value is -0.290. The maximum Gasteiger partial charge on any atom is 0.334 e. The van der Waals surface area contributed by atoms with Crippen molar-refractivity contribution in [2.45, 2.75) is 319 Å². The minimum absolute atomic E-state index is 0.362. The Balaban J connectivity index is 0.791. The predicted molar refractivity (Wildman–Crippen MR) is 253 cm³/mol. The van der Waals surface area contributed by atoms with Crippen molar-refractivity contribution < 1.29 is 84.6 Å². The zero-order valence-electron chi connectivity index (χ0n) is 42.8. The normalized spacial score (nSPS) is 47.1. The Bertz CT molecular complexity index is 1710. The SMILES string of the molecule is C1CCC2(CC1)OCC([C@H]1O[C@@H]3OC4(CCCCC4)O[C@@H]3[C@H]1OP(O[C@@H]1[C@H]3OC4(CCCCC4)O[C@H]3O[C@@H]1C1COC3(CCCCC3)O1)O[C@@H]1[C@H]3OC4(CCCCC4)O[C@H]3O[C@@H]1C1COC3(CCCCC3)O1)O2. The maximum atomic E-state index is 7.60. The largest absolute Gasteiger partial charge is 0.347 e. The summed E-state index contributed by atoms with van der Waals surface area (Å²) in [7, 11) is -2.38. The lowest BCUT2D eigenvalue weighted by Crippen LogP contribution is -2.48. The van der Waals surface area contributed by atoms with Crippen LogP contribution in [0.3, 0.4) is 0 Å². The van der Waals surface area contributed by atoms with Gasteiger partial charge in [0.05, 0.1) is 19.8 Å². The van der Waals surface area contributed by atoms with Gasteiger partial charge in [0.25, 0.3) is 0 Å². The second-order valence-corrected chi connectivity index (χ2v) is 25.8. The van der Waals surface area contributed by atoms with Crippen molar-refractivity contribution in [3.8, 4) is 0 Å². The van der Waals surface area contributed by atoms with Gasteiger partial charge >= 0.3 is 8.60 Å². The van der Waals surface area contributed by atoms with E-state index in [9.17, 15) is 0 Å². The first-order chi connectivity index (χ1) is 35.8. The summed E-state index contributed by atoms with van der Waals surface area (Å²) < 4.78 is 127. The third kappa shape index (κ3) is 9.19. The fourth-order valence-electron chi connectivity index (χ4n) is 16.0. The Morgan fingerprint density at radius 3 is 0.767 bits per heavy atom. The van der Waals surface area contributed by atoms with Gasteiger partial charge in [0.2, 0.25) is 0 Å². The van der Waals surface area contributed by atoms with Crippen molar-refractivity contribution in [1.29, 1.82) is 0 Å². The number of hydrogen-bond acceptors (Lipinski definition) is 18. The summed E-state index contributed by atoms with van der Waals surface area (Å²) in [5.41, 5.74) is 0. The van der Waals surface area contributed by atoms with Gasteiger partial charge in [-0.15, -0.1) is 0 Å². The third-order valence-electron chi connectivity index (χ3n) is 19.7. The molecule has 6 spiro atoms. The van der Waals surface area contributed by atoms with Crippen LogP contribution in [-0.4, -0.2) is 147 Å². The molecular weight excluding hydrogens is 968 g/mol. The Kier molecular flexibility index (Phi) is 13.5. The van der Waals surface area contributed by atoms with Gasteiger partial charge in [-0.25, -0.2) is 0 Å². The maximum absolute atomic E-state index is 7.60. The van der Waals surface area contributed by atoms with Crippen LogP contribution in [-0.2, 0) is 84.6 Å². The van der Waals surface area contributed by atoms with Crippen LogP contribution >= 0.6 is 8.60 Å². The molecule has 0 aromatic rings. The molecule has 6 aliphatic carbocycles. The first kappa shape index (κ1) is 49.7. The monoisotopic (exact) mass is 1050 g/mol. The van der Waals surface area contributed by atoms with E-state index in [1.54, 1.807) is 0 Å². The molecule has 0 bridgehead atoms. The van der Waals surface area contributed by atoms with Crippen molar-refractivity contribution in [3.05, 3.63) is 0 Å². The van der Waals surface area contributed by atoms with Crippen LogP contribution in [0.25, 0.3) is 0 Å². The van der Waals surface area contributed by atoms with Crippen LogP contribution in [0.5, 0.6) is 0 Å². The van der Waals surface area contributed by atoms with Gasteiger partial charge in [-0.3, -0.25) is 0 Å². The van der Waals surface area contributed by atoms with Gasteiger partial charge in [-0.2, -0.15) is 0 Å². The Labute approximate surface area is 431 Å². The van der Waals surface area contributed by atoms with Crippen molar-refractivity contribution in [2.75, 3.05) is 19.8 Å². The third-order valence-corrected chi connectivity index (χ3v) is 21.0. The quantitative estimate of drug-likeness (QED) is 0.201. The van der Waals surface area contributed by atoms with Gasteiger partial charge in [0, 0.05) is 77.0 Å². The fourth-order valence-corrected chi connectivity index (χ4v) is 17.4. The van der Waals surface area contributed by atoms with E-state index in [-0.39, 0.29) is 0 Å². The molecule has 9 saturated heterocycles. The molecule has 0 radical (unpaired) electrons. The summed E-state index contributed by atoms with van der Waals surface area (Å²) >= 11 is 0. The molecule has 3 unspecified atom stereocenters. The van der Waals surface area contributed by atoms with E-state index in [4.69, 9.17) is 84.6 Å². The number of fused-ring (bicyclic) bond motifs is 3. The van der Waals surface area contributed by atoms with E-state index in [1.165, 1.54) is 19.3 Å². The highest BCUT2D eigenvalue weighted by Gasteiger charge is 2.68. The van der Waals surface area contributed by atoms with Crippen LogP contribution in [0.2, 0.25) is 0 Å². The summed E-state index contributed by atoms with van der Waals surface area (Å²) in [4.78, 5) is 0. The van der Waals surface area contributed by atoms with E-state index in [0.717, 1.165) is 173 Å². The highest BCUT2D eigenvalue weighted by atomic mass is 31.2. The molecule has 9 aliphatic heterocycles. The van der Waals surface area contributed by atoms with Crippen LogP contribution < -0.4 is 0 Å². The average molecular weight is 1050 g/mol. The van der Waals surface area contributed by atoms with Crippen LogP contribution in [0, 0.1) is 0 Å². The predicted octanol–water partition coefficient (Wildman–Crippen LogP) is 9.00. The molecular formula is C54H81O18P. The first-order valence-electron chi connectivity index (χ1n) is 29.6.